The van der Waals surface area contributed by atoms with Crippen molar-refractivity contribution >= 4 is 11.3 Å². The van der Waals surface area contributed by atoms with Crippen molar-refractivity contribution in [2.75, 3.05) is 13.1 Å². The number of likely N-dealkylation sites (N-methyl/N-ethyl adjacent to an activating group) is 1. The predicted octanol–water partition coefficient (Wildman–Crippen LogP) is 2.36. The Morgan fingerprint density at radius 1 is 1.31 bits per heavy atom. The Morgan fingerprint density at radius 2 is 2.25 bits per heavy atom. The van der Waals surface area contributed by atoms with Crippen molar-refractivity contribution in [3.05, 3.63) is 34.8 Å². The average molecular weight is 233 g/mol. The van der Waals surface area contributed by atoms with E-state index in [-0.39, 0.29) is 0 Å². The third kappa shape index (κ3) is 2.87. The maximum atomic E-state index is 4.57. The van der Waals surface area contributed by atoms with Gasteiger partial charge in [0.1, 0.15) is 0 Å². The van der Waals surface area contributed by atoms with Gasteiger partial charge in [-0.15, -0.1) is 11.3 Å². The second kappa shape index (κ2) is 5.72. The Bertz CT molecular complexity index is 425. The molecule has 0 aliphatic heterocycles. The molecule has 2 rings (SSSR count). The first kappa shape index (κ1) is 11.2. The molecule has 0 aromatic carbocycles. The normalized spacial score (nSPS) is 10.6. The highest BCUT2D eigenvalue weighted by Gasteiger charge is 2.04. The van der Waals surface area contributed by atoms with E-state index >= 15 is 0 Å². The second-order valence-electron chi connectivity index (χ2n) is 3.45. The Balaban J connectivity index is 2.02. The molecular weight excluding hydrogens is 218 g/mol. The van der Waals surface area contributed by atoms with Crippen LogP contribution in [0.1, 0.15) is 11.9 Å². The molecule has 4 heteroatoms. The summed E-state index contributed by atoms with van der Waals surface area (Å²) < 4.78 is 0. The second-order valence-corrected chi connectivity index (χ2v) is 4.39. The highest BCUT2D eigenvalue weighted by molar-refractivity contribution is 7.09. The van der Waals surface area contributed by atoms with Crippen molar-refractivity contribution in [1.82, 2.24) is 15.3 Å². The fourth-order valence-electron chi connectivity index (χ4n) is 1.43. The van der Waals surface area contributed by atoms with Crippen molar-refractivity contribution in [3.8, 4) is 11.4 Å². The lowest BCUT2D eigenvalue weighted by atomic mass is 10.3. The number of nitrogens with zero attached hydrogens (tertiary/aromatic N) is 2. The Kier molecular flexibility index (Phi) is 4.02. The van der Waals surface area contributed by atoms with Gasteiger partial charge >= 0.3 is 0 Å². The first-order valence-corrected chi connectivity index (χ1v) is 6.34. The van der Waals surface area contributed by atoms with E-state index in [2.05, 4.69) is 27.6 Å². The molecule has 0 aliphatic carbocycles. The zero-order chi connectivity index (χ0) is 11.2. The molecule has 0 unspecified atom stereocenters. The van der Waals surface area contributed by atoms with Gasteiger partial charge in [-0.3, -0.25) is 4.98 Å². The number of pyridine rings is 1. The summed E-state index contributed by atoms with van der Waals surface area (Å²) in [5.74, 6) is 0. The van der Waals surface area contributed by atoms with Crippen LogP contribution >= 0.6 is 11.3 Å². The minimum Gasteiger partial charge on any atom is -0.317 e. The molecule has 3 nitrogen and oxygen atoms in total. The molecule has 2 heterocycles. The van der Waals surface area contributed by atoms with E-state index in [0.29, 0.717) is 0 Å². The van der Waals surface area contributed by atoms with Crippen LogP contribution in [0.25, 0.3) is 11.4 Å². The van der Waals surface area contributed by atoms with Gasteiger partial charge in [-0.05, 0) is 18.7 Å². The van der Waals surface area contributed by atoms with Gasteiger partial charge in [-0.25, -0.2) is 4.98 Å². The summed E-state index contributed by atoms with van der Waals surface area (Å²) in [5.41, 5.74) is 1.94. The topological polar surface area (TPSA) is 37.8 Å². The molecule has 0 atom stereocenters. The summed E-state index contributed by atoms with van der Waals surface area (Å²) in [6.45, 7) is 4.12. The van der Waals surface area contributed by atoms with Crippen LogP contribution < -0.4 is 5.32 Å². The van der Waals surface area contributed by atoms with Gasteiger partial charge < -0.3 is 5.32 Å². The standard InChI is InChI=1S/C12H15N3S/c1-2-13-8-6-12-15-11(9-16-12)10-5-3-4-7-14-10/h3-5,7,9,13H,2,6,8H2,1H3. The van der Waals surface area contributed by atoms with E-state index in [1.807, 2.05) is 18.2 Å². The van der Waals surface area contributed by atoms with Crippen LogP contribution in [0.3, 0.4) is 0 Å². The maximum Gasteiger partial charge on any atom is 0.0998 e. The summed E-state index contributed by atoms with van der Waals surface area (Å²) in [4.78, 5) is 8.86. The predicted molar refractivity (Wildman–Crippen MR) is 67.6 cm³/mol. The zero-order valence-electron chi connectivity index (χ0n) is 9.31. The van der Waals surface area contributed by atoms with Crippen molar-refractivity contribution in [3.63, 3.8) is 0 Å². The molecular formula is C12H15N3S. The molecule has 1 N–H and O–H groups in total. The quantitative estimate of drug-likeness (QED) is 0.806. The van der Waals surface area contributed by atoms with Crippen LogP contribution in [0.4, 0.5) is 0 Å². The minimum absolute atomic E-state index is 0.952. The number of hydrogen-bond acceptors (Lipinski definition) is 4. The molecule has 0 fully saturated rings. The molecule has 0 radical (unpaired) electrons. The van der Waals surface area contributed by atoms with Crippen molar-refractivity contribution in [1.29, 1.82) is 0 Å². The van der Waals surface area contributed by atoms with Crippen LogP contribution in [-0.4, -0.2) is 23.1 Å². The van der Waals surface area contributed by atoms with E-state index in [1.54, 1.807) is 17.5 Å². The fourth-order valence-corrected chi connectivity index (χ4v) is 2.22. The molecule has 0 spiro atoms. The first-order valence-electron chi connectivity index (χ1n) is 5.46. The molecule has 0 aliphatic rings. The van der Waals surface area contributed by atoms with Gasteiger partial charge in [-0.2, -0.15) is 0 Å². The van der Waals surface area contributed by atoms with Crippen LogP contribution in [0.5, 0.6) is 0 Å². The van der Waals surface area contributed by atoms with Gasteiger partial charge in [-0.1, -0.05) is 13.0 Å². The van der Waals surface area contributed by atoms with Crippen molar-refractivity contribution < 1.29 is 0 Å². The molecule has 0 bridgehead atoms. The minimum atomic E-state index is 0.952. The molecule has 2 aromatic heterocycles. The van der Waals surface area contributed by atoms with Gasteiger partial charge in [0.25, 0.3) is 0 Å². The van der Waals surface area contributed by atoms with Crippen LogP contribution in [0, 0.1) is 0 Å². The lowest BCUT2D eigenvalue weighted by Gasteiger charge is -1.97. The van der Waals surface area contributed by atoms with Gasteiger partial charge in [0.15, 0.2) is 0 Å². The highest BCUT2D eigenvalue weighted by atomic mass is 32.1. The molecule has 0 saturated heterocycles. The highest BCUT2D eigenvalue weighted by Crippen LogP contribution is 2.19. The molecule has 84 valence electrons. The van der Waals surface area contributed by atoms with Gasteiger partial charge in [0.2, 0.25) is 0 Å². The molecule has 2 aromatic rings. The summed E-state index contributed by atoms with van der Waals surface area (Å²) in [6.07, 6.45) is 2.79. The van der Waals surface area contributed by atoms with Crippen LogP contribution in [0.15, 0.2) is 29.8 Å². The lowest BCUT2D eigenvalue weighted by Crippen LogP contribution is -2.15. The third-order valence-corrected chi connectivity index (χ3v) is 3.15. The summed E-state index contributed by atoms with van der Waals surface area (Å²) in [7, 11) is 0. The monoisotopic (exact) mass is 233 g/mol. The summed E-state index contributed by atoms with van der Waals surface area (Å²) in [5, 5.41) is 6.54. The van der Waals surface area contributed by atoms with Crippen molar-refractivity contribution in [2.45, 2.75) is 13.3 Å². The van der Waals surface area contributed by atoms with Gasteiger partial charge in [0.05, 0.1) is 16.4 Å². The Labute approximate surface area is 99.6 Å². The number of aromatic nitrogens is 2. The van der Waals surface area contributed by atoms with Crippen LogP contribution in [-0.2, 0) is 6.42 Å². The van der Waals surface area contributed by atoms with Gasteiger partial charge in [0, 0.05) is 24.5 Å². The fraction of sp³-hybridized carbons (Fsp3) is 0.333. The number of rotatable bonds is 5. The Hall–Kier alpha value is -1.26. The smallest absolute Gasteiger partial charge is 0.0998 e. The number of hydrogen-bond donors (Lipinski definition) is 1. The molecule has 0 amide bonds. The number of thiazole rings is 1. The summed E-state index contributed by atoms with van der Waals surface area (Å²) in [6, 6.07) is 5.89. The maximum absolute atomic E-state index is 4.57. The van der Waals surface area contributed by atoms with E-state index in [9.17, 15) is 0 Å². The van der Waals surface area contributed by atoms with E-state index in [0.717, 1.165) is 30.9 Å². The largest absolute Gasteiger partial charge is 0.317 e. The van der Waals surface area contributed by atoms with Crippen molar-refractivity contribution in [2.24, 2.45) is 0 Å². The van der Waals surface area contributed by atoms with E-state index in [1.165, 1.54) is 5.01 Å². The SMILES string of the molecule is CCNCCc1nc(-c2ccccn2)cs1. The van der Waals surface area contributed by atoms with Crippen LogP contribution in [0.2, 0.25) is 0 Å². The summed E-state index contributed by atoms with van der Waals surface area (Å²) >= 11 is 1.70. The first-order chi connectivity index (χ1) is 7.90. The lowest BCUT2D eigenvalue weighted by molar-refractivity contribution is 0.714. The Morgan fingerprint density at radius 3 is 3.00 bits per heavy atom. The zero-order valence-corrected chi connectivity index (χ0v) is 10.1. The molecule has 0 saturated carbocycles. The third-order valence-electron chi connectivity index (χ3n) is 2.24. The average Bonchev–Trinajstić information content (AvgIpc) is 2.79. The van der Waals surface area contributed by atoms with E-state index < -0.39 is 0 Å². The molecule has 16 heavy (non-hydrogen) atoms. The number of nitrogens with one attached hydrogen (secondary N) is 1. The van der Waals surface area contributed by atoms with E-state index in [4.69, 9.17) is 0 Å².